The van der Waals surface area contributed by atoms with E-state index in [0.29, 0.717) is 64.3 Å². The van der Waals surface area contributed by atoms with Gasteiger partial charge in [-0.2, -0.15) is 0 Å². The van der Waals surface area contributed by atoms with E-state index < -0.39 is 10.8 Å². The summed E-state index contributed by atoms with van der Waals surface area (Å²) in [5.41, 5.74) is 32.6. The molecule has 0 spiro atoms. The van der Waals surface area contributed by atoms with Gasteiger partial charge in [-0.1, -0.05) is 458 Å². The molecule has 0 N–H and O–H groups in total. The van der Waals surface area contributed by atoms with Crippen molar-refractivity contribution in [2.24, 2.45) is 11.8 Å². The van der Waals surface area contributed by atoms with E-state index in [1.165, 1.54) is 72.3 Å². The highest BCUT2D eigenvalue weighted by molar-refractivity contribution is 6.19. The number of rotatable bonds is 15. The molecule has 0 saturated carbocycles. The van der Waals surface area contributed by atoms with Crippen molar-refractivity contribution in [1.29, 1.82) is 0 Å². The first-order valence-electron chi connectivity index (χ1n) is 51.0. The van der Waals surface area contributed by atoms with E-state index in [1.54, 1.807) is 0 Å². The summed E-state index contributed by atoms with van der Waals surface area (Å²) in [6.45, 7) is 11.8. The largest absolute Gasteiger partial charge is 0.455 e. The van der Waals surface area contributed by atoms with E-state index >= 15 is 0 Å². The molecule has 20 aromatic carbocycles. The smallest absolute Gasteiger partial charge is 0.168 e. The fourth-order valence-corrected chi connectivity index (χ4v) is 24.4. The molecule has 6 aromatic heterocycles. The second kappa shape index (κ2) is 36.1. The van der Waals surface area contributed by atoms with Gasteiger partial charge in [-0.05, 0) is 150 Å². The number of benzene rings is 20. The molecule has 0 radical (unpaired) electrons. The number of para-hydroxylation sites is 3. The van der Waals surface area contributed by atoms with Crippen molar-refractivity contribution in [3.63, 3.8) is 0 Å². The van der Waals surface area contributed by atoms with Crippen LogP contribution in [0.4, 0.5) is 0 Å². The molecule has 12 heteroatoms. The topological polar surface area (TPSA) is 155 Å². The van der Waals surface area contributed by atoms with Crippen molar-refractivity contribution in [2.75, 3.05) is 0 Å². The molecule has 0 amide bonds. The molecule has 1 atom stereocenters. The fourth-order valence-electron chi connectivity index (χ4n) is 24.4. The minimum Gasteiger partial charge on any atom is -0.455 e. The third kappa shape index (κ3) is 14.4. The zero-order valence-electron chi connectivity index (χ0n) is 82.4. The highest BCUT2D eigenvalue weighted by atomic mass is 16.3. The number of furan rings is 3. The van der Waals surface area contributed by atoms with Crippen LogP contribution >= 0.6 is 0 Å². The lowest BCUT2D eigenvalue weighted by atomic mass is 9.63. The molecule has 0 saturated heterocycles. The highest BCUT2D eigenvalue weighted by Gasteiger charge is 2.52. The van der Waals surface area contributed by atoms with Crippen LogP contribution in [0.2, 0.25) is 0 Å². The molecule has 6 heterocycles. The van der Waals surface area contributed by atoms with E-state index in [4.69, 9.17) is 58.1 Å². The molecule has 149 heavy (non-hydrogen) atoms. The first-order chi connectivity index (χ1) is 73.4. The van der Waals surface area contributed by atoms with E-state index in [1.807, 2.05) is 140 Å². The van der Waals surface area contributed by atoms with Crippen molar-refractivity contribution < 1.29 is 13.3 Å². The third-order valence-corrected chi connectivity index (χ3v) is 30.9. The fraction of sp³-hybridized carbons (Fsp3) is 0.0730. The predicted molar refractivity (Wildman–Crippen MR) is 604 cm³/mol. The minimum atomic E-state index is -0.573. The maximum Gasteiger partial charge on any atom is 0.168 e. The van der Waals surface area contributed by atoms with Gasteiger partial charge in [0.2, 0.25) is 0 Å². The Bertz CT molecular complexity index is 9570. The maximum absolute atomic E-state index is 6.92. The quantitative estimate of drug-likeness (QED) is 0.0959. The van der Waals surface area contributed by atoms with Gasteiger partial charge in [0.1, 0.15) is 33.5 Å². The van der Waals surface area contributed by atoms with Gasteiger partial charge in [0.25, 0.3) is 0 Å². The molecule has 0 aliphatic heterocycles. The van der Waals surface area contributed by atoms with E-state index in [0.717, 1.165) is 149 Å². The second-order valence-corrected chi connectivity index (χ2v) is 39.6. The standard InChI is InChI=1S/C52H33N3O.C45H29N3O.C40H33N3O/c1-5-18-34(19-6-1)49-53-50(35-20-7-2-8-21-35)55-51(54-49)37-23-17-22-36(32-37)46-47-41-29-13-15-30-43(41)52(38-24-9-3-10-25-38,39-26-11-4-12-27-39)44(47)33-42-40-28-14-16-31-45(40)56-48(42)46;1-45(30-19-6-3-7-20-30)36-25-12-10-23-34(36)39-37(45)27-35-32-22-11-13-26-38(32)49-41(35)40(39)44-47-42(29-16-4-2-5-17-29)46-43(48-44)33-24-14-18-28-15-8-9-21-31(28)33;1-24(2)40(25(3)4)31-21-13-11-20-29(31)34-32(40)23-30-28-19-12-14-22-33(28)44-36(30)35(34)39-42-37(26-15-7-5-8-16-26)41-38(43-39)27-17-9-6-10-18-27/h1-33H;2-27H,1H3;5-25H,1-4H3. The molecule has 12 nitrogen and oxygen atoms in total. The molecule has 29 rings (SSSR count). The van der Waals surface area contributed by atoms with Crippen LogP contribution in [0.3, 0.4) is 0 Å². The first kappa shape index (κ1) is 89.0. The summed E-state index contributed by atoms with van der Waals surface area (Å²) in [4.78, 5) is 46.4. The van der Waals surface area contributed by atoms with Gasteiger partial charge >= 0.3 is 0 Å². The zero-order valence-corrected chi connectivity index (χ0v) is 82.4. The van der Waals surface area contributed by atoms with E-state index in [9.17, 15) is 0 Å². The van der Waals surface area contributed by atoms with Crippen LogP contribution in [0.5, 0.6) is 0 Å². The lowest BCUT2D eigenvalue weighted by Crippen LogP contribution is -2.37. The molecule has 1 unspecified atom stereocenters. The number of aromatic nitrogens is 9. The normalized spacial score (nSPS) is 13.8. The molecule has 0 fully saturated rings. The van der Waals surface area contributed by atoms with E-state index in [-0.39, 0.29) is 5.41 Å². The number of fused-ring (bicyclic) bond motifs is 19. The Labute approximate surface area is 861 Å². The van der Waals surface area contributed by atoms with Gasteiger partial charge in [0, 0.05) is 98.8 Å². The number of hydrogen-bond donors (Lipinski definition) is 0. The molecular weight excluding hydrogens is 1820 g/mol. The summed E-state index contributed by atoms with van der Waals surface area (Å²) in [6.07, 6.45) is 0. The Morgan fingerprint density at radius 2 is 0.477 bits per heavy atom. The van der Waals surface area contributed by atoms with Crippen molar-refractivity contribution >= 4 is 76.6 Å². The summed E-state index contributed by atoms with van der Waals surface area (Å²) in [7, 11) is 0. The minimum absolute atomic E-state index is 0.190. The first-order valence-corrected chi connectivity index (χ1v) is 51.0. The summed E-state index contributed by atoms with van der Waals surface area (Å²) in [6, 6.07) is 165. The summed E-state index contributed by atoms with van der Waals surface area (Å²) >= 11 is 0. The Hall–Kier alpha value is -18.9. The lowest BCUT2D eigenvalue weighted by molar-refractivity contribution is 0.280. The van der Waals surface area contributed by atoms with Crippen LogP contribution < -0.4 is 0 Å². The van der Waals surface area contributed by atoms with Gasteiger partial charge < -0.3 is 13.3 Å². The molecule has 3 aliphatic carbocycles. The van der Waals surface area contributed by atoms with Gasteiger partial charge in [0.15, 0.2) is 52.4 Å². The van der Waals surface area contributed by atoms with Crippen LogP contribution in [0.15, 0.2) is 486 Å². The third-order valence-electron chi connectivity index (χ3n) is 30.9. The van der Waals surface area contributed by atoms with Crippen LogP contribution in [0.1, 0.15) is 84.7 Å². The average Bonchev–Trinajstić information content (AvgIpc) is 1.52. The monoisotopic (exact) mass is 1910 g/mol. The Morgan fingerprint density at radius 3 is 0.933 bits per heavy atom. The van der Waals surface area contributed by atoms with Crippen molar-refractivity contribution in [3.05, 3.63) is 523 Å². The second-order valence-electron chi connectivity index (χ2n) is 39.6. The molecule has 0 bridgehead atoms. The molecule has 3 aliphatic rings. The van der Waals surface area contributed by atoms with Gasteiger partial charge in [-0.15, -0.1) is 0 Å². The predicted octanol–water partition coefficient (Wildman–Crippen LogP) is 34.4. The van der Waals surface area contributed by atoms with Crippen molar-refractivity contribution in [1.82, 2.24) is 44.9 Å². The Morgan fingerprint density at radius 1 is 0.188 bits per heavy atom. The molecule has 706 valence electrons. The number of nitrogens with zero attached hydrogens (tertiary/aromatic N) is 9. The number of hydrogen-bond acceptors (Lipinski definition) is 12. The maximum atomic E-state index is 6.92. The lowest BCUT2D eigenvalue weighted by Gasteiger charge is -2.40. The summed E-state index contributed by atoms with van der Waals surface area (Å²) in [5.74, 6) is 6.31. The Kier molecular flexibility index (Phi) is 21.6. The van der Waals surface area contributed by atoms with Crippen molar-refractivity contribution in [3.8, 4) is 147 Å². The summed E-state index contributed by atoms with van der Waals surface area (Å²) in [5, 5.41) is 8.71. The van der Waals surface area contributed by atoms with E-state index in [2.05, 4.69) is 368 Å². The van der Waals surface area contributed by atoms with Gasteiger partial charge in [0.05, 0.1) is 16.5 Å². The Balaban J connectivity index is 0.000000111. The van der Waals surface area contributed by atoms with Gasteiger partial charge in [-0.3, -0.25) is 0 Å². The van der Waals surface area contributed by atoms with Crippen LogP contribution in [0, 0.1) is 11.8 Å². The van der Waals surface area contributed by atoms with Crippen LogP contribution in [-0.4, -0.2) is 44.9 Å². The zero-order chi connectivity index (χ0) is 99.6. The van der Waals surface area contributed by atoms with Gasteiger partial charge in [-0.25, -0.2) is 44.9 Å². The summed E-state index contributed by atoms with van der Waals surface area (Å²) < 4.78 is 20.5. The molecule has 26 aromatic rings. The average molecular weight is 1920 g/mol. The molecular formula is C137H95N9O3. The highest BCUT2D eigenvalue weighted by Crippen LogP contribution is 2.64. The van der Waals surface area contributed by atoms with Crippen LogP contribution in [0.25, 0.3) is 224 Å². The SMILES string of the molecule is CC(C)C1(C(C)C)c2ccccc2-c2c1cc1c(oc3ccccc31)c2-c1nc(-c2ccccc2)nc(-c2ccccc2)n1.CC1(c2ccccc2)c2ccccc2-c2c1cc1c(oc3ccccc31)c2-c1nc(-c2ccccc2)nc(-c2cccc3ccccc23)n1.c1ccc(-c2nc(-c3ccccc3)nc(-c3cccc(-c4c5c(cc6c4oc4ccccc46)C(c4ccccc4)(c4ccccc4)c4ccccc4-5)c3)n2)cc1. The van der Waals surface area contributed by atoms with Crippen LogP contribution in [-0.2, 0) is 16.2 Å². The van der Waals surface area contributed by atoms with Crippen molar-refractivity contribution in [2.45, 2.75) is 50.9 Å².